The van der Waals surface area contributed by atoms with E-state index in [9.17, 15) is 29.4 Å². The summed E-state index contributed by atoms with van der Waals surface area (Å²) in [6.07, 6.45) is 3.52. The van der Waals surface area contributed by atoms with Crippen molar-refractivity contribution in [3.8, 4) is 22.6 Å². The Morgan fingerprint density at radius 3 is 2.35 bits per heavy atom. The monoisotopic (exact) mass is 892 g/mol. The molecule has 0 aliphatic carbocycles. The topological polar surface area (TPSA) is 162 Å². The van der Waals surface area contributed by atoms with E-state index in [2.05, 4.69) is 22.1 Å². The number of phenols is 1. The zero-order valence-corrected chi connectivity index (χ0v) is 38.0. The molecule has 12 nitrogen and oxygen atoms in total. The highest BCUT2D eigenvalue weighted by molar-refractivity contribution is 5.93. The number of aromatic nitrogens is 1. The van der Waals surface area contributed by atoms with Crippen molar-refractivity contribution in [1.82, 2.24) is 9.88 Å². The molecule has 1 aliphatic heterocycles. The minimum absolute atomic E-state index is 0.0148. The molecule has 0 spiro atoms. The molecule has 344 valence electrons. The third-order valence-corrected chi connectivity index (χ3v) is 12.6. The average molecular weight is 893 g/mol. The number of aryl methyl sites for hydroxylation is 1. The first-order valence-corrected chi connectivity index (χ1v) is 22.8. The number of nitrogens with zero attached hydrogens (tertiary/aromatic N) is 2. The van der Waals surface area contributed by atoms with Crippen molar-refractivity contribution in [3.63, 3.8) is 0 Å². The number of fused-ring (bicyclic) bond motifs is 1. The number of ketones is 1. The van der Waals surface area contributed by atoms with Crippen LogP contribution in [0.15, 0.2) is 126 Å². The van der Waals surface area contributed by atoms with Gasteiger partial charge in [-0.15, -0.1) is 0 Å². The predicted octanol–water partition coefficient (Wildman–Crippen LogP) is 9.41. The molecule has 0 bridgehead atoms. The number of likely N-dealkylation sites (tertiary alicyclic amines) is 1. The lowest BCUT2D eigenvalue weighted by molar-refractivity contribution is -0.119. The molecule has 1 aromatic heterocycles. The lowest BCUT2D eigenvalue weighted by atomic mass is 9.91. The van der Waals surface area contributed by atoms with Crippen molar-refractivity contribution in [3.05, 3.63) is 154 Å². The maximum absolute atomic E-state index is 13.2. The number of nitrogens with one attached hydrogen (secondary N) is 2. The molecule has 7 rings (SSSR count). The average Bonchev–Trinajstić information content (AvgIpc) is 3.33. The van der Waals surface area contributed by atoms with Crippen LogP contribution in [0.4, 0.5) is 16.2 Å². The Bertz CT molecular complexity index is 2660. The summed E-state index contributed by atoms with van der Waals surface area (Å²) in [6.45, 7) is 4.22. The van der Waals surface area contributed by atoms with Crippen molar-refractivity contribution in [1.29, 1.82) is 0 Å². The first-order valence-electron chi connectivity index (χ1n) is 22.8. The number of benzene rings is 5. The second kappa shape index (κ2) is 22.4. The molecular formula is C54H60N4O8. The summed E-state index contributed by atoms with van der Waals surface area (Å²) in [7, 11) is 3.42. The van der Waals surface area contributed by atoms with Gasteiger partial charge < -0.3 is 34.5 Å². The van der Waals surface area contributed by atoms with Gasteiger partial charge in [-0.3, -0.25) is 19.7 Å². The van der Waals surface area contributed by atoms with E-state index in [0.717, 1.165) is 52.3 Å². The van der Waals surface area contributed by atoms with Crippen molar-refractivity contribution in [2.45, 2.75) is 76.9 Å². The Balaban J connectivity index is 0.812. The summed E-state index contributed by atoms with van der Waals surface area (Å²) in [4.78, 5) is 57.6. The number of piperidine rings is 1. The third-order valence-electron chi connectivity index (χ3n) is 12.6. The van der Waals surface area contributed by atoms with Gasteiger partial charge in [0.1, 0.15) is 23.4 Å². The van der Waals surface area contributed by atoms with Gasteiger partial charge in [0.15, 0.2) is 0 Å². The zero-order valence-electron chi connectivity index (χ0n) is 38.0. The van der Waals surface area contributed by atoms with Gasteiger partial charge in [0.25, 0.3) is 0 Å². The number of ether oxygens (including phenoxy) is 2. The fourth-order valence-corrected chi connectivity index (χ4v) is 8.78. The lowest BCUT2D eigenvalue weighted by Gasteiger charge is -2.31. The molecule has 5 aromatic carbocycles. The maximum Gasteiger partial charge on any atom is 0.411 e. The number of anilines is 2. The van der Waals surface area contributed by atoms with Crippen LogP contribution in [0.25, 0.3) is 22.0 Å². The minimum Gasteiger partial charge on any atom is -0.506 e. The number of rotatable bonds is 19. The van der Waals surface area contributed by atoms with Crippen LogP contribution in [-0.4, -0.2) is 77.8 Å². The van der Waals surface area contributed by atoms with E-state index in [1.165, 1.54) is 12.1 Å². The number of amides is 2. The first-order chi connectivity index (χ1) is 31.9. The van der Waals surface area contributed by atoms with Crippen LogP contribution in [0.3, 0.4) is 0 Å². The number of carbonyl (C=O) groups is 3. The summed E-state index contributed by atoms with van der Waals surface area (Å²) in [5.41, 5.74) is 7.03. The Morgan fingerprint density at radius 1 is 0.864 bits per heavy atom. The molecule has 0 unspecified atom stereocenters. The number of aromatic hydroxyl groups is 1. The molecule has 1 fully saturated rings. The van der Waals surface area contributed by atoms with Gasteiger partial charge in [0.2, 0.25) is 11.5 Å². The van der Waals surface area contributed by atoms with Crippen molar-refractivity contribution < 1.29 is 34.1 Å². The molecular weight excluding hydrogens is 833 g/mol. The van der Waals surface area contributed by atoms with Crippen LogP contribution in [0, 0.1) is 5.92 Å². The quantitative estimate of drug-likeness (QED) is 0.0621. The van der Waals surface area contributed by atoms with Crippen LogP contribution < -0.4 is 20.5 Å². The van der Waals surface area contributed by atoms with Crippen molar-refractivity contribution in [2.75, 3.05) is 44.0 Å². The Labute approximate surface area is 386 Å². The molecule has 1 saturated heterocycles. The van der Waals surface area contributed by atoms with Crippen LogP contribution in [0.2, 0.25) is 0 Å². The van der Waals surface area contributed by atoms with E-state index in [-0.39, 0.29) is 35.0 Å². The number of para-hydroxylation sites is 1. The van der Waals surface area contributed by atoms with Crippen molar-refractivity contribution in [2.24, 2.45) is 5.92 Å². The number of Topliss-reactive ketones (excluding diaryl/α,β-unsaturated/α-hetero) is 1. The largest absolute Gasteiger partial charge is 0.506 e. The third kappa shape index (κ3) is 12.5. The number of H-pyrrole nitrogens is 1. The fourth-order valence-electron chi connectivity index (χ4n) is 8.78. The molecule has 4 N–H and O–H groups in total. The molecule has 2 amide bonds. The molecule has 66 heavy (non-hydrogen) atoms. The molecule has 0 saturated carbocycles. The summed E-state index contributed by atoms with van der Waals surface area (Å²) >= 11 is 0. The summed E-state index contributed by atoms with van der Waals surface area (Å²) in [6, 6.07) is 37.5. The minimum atomic E-state index is -0.779. The molecule has 6 aromatic rings. The van der Waals surface area contributed by atoms with Gasteiger partial charge >= 0.3 is 6.09 Å². The lowest BCUT2D eigenvalue weighted by Crippen LogP contribution is -2.40. The number of hydrogen-bond donors (Lipinski definition) is 4. The molecule has 0 radical (unpaired) electrons. The molecule has 2 heterocycles. The number of carbonyl (C=O) groups excluding carboxylic acids is 3. The Hall–Kier alpha value is -6.76. The van der Waals surface area contributed by atoms with E-state index in [1.807, 2.05) is 97.1 Å². The number of hydrogen-bond acceptors (Lipinski definition) is 9. The summed E-state index contributed by atoms with van der Waals surface area (Å²) in [5, 5.41) is 24.9. The number of aliphatic hydroxyl groups is 1. The Morgan fingerprint density at radius 2 is 1.59 bits per heavy atom. The summed E-state index contributed by atoms with van der Waals surface area (Å²) in [5.74, 6) is 1.05. The highest BCUT2D eigenvalue weighted by Gasteiger charge is 2.24. The van der Waals surface area contributed by atoms with E-state index in [0.29, 0.717) is 86.5 Å². The van der Waals surface area contributed by atoms with E-state index in [4.69, 9.17) is 9.47 Å². The van der Waals surface area contributed by atoms with E-state index < -0.39 is 12.2 Å². The number of aliphatic hydroxyl groups excluding tert-OH is 1. The van der Waals surface area contributed by atoms with Gasteiger partial charge in [0.05, 0.1) is 24.4 Å². The van der Waals surface area contributed by atoms with E-state index in [1.54, 1.807) is 31.2 Å². The number of aromatic amines is 1. The van der Waals surface area contributed by atoms with Gasteiger partial charge in [-0.05, 0) is 109 Å². The highest BCUT2D eigenvalue weighted by Crippen LogP contribution is 2.33. The number of phenolic OH excluding ortho intramolecular Hbond substituents is 1. The van der Waals surface area contributed by atoms with Crippen LogP contribution in [0.5, 0.6) is 11.5 Å². The number of pyridine rings is 1. The van der Waals surface area contributed by atoms with Crippen LogP contribution in [-0.2, 0) is 33.6 Å². The second-order valence-electron chi connectivity index (χ2n) is 17.4. The smallest absolute Gasteiger partial charge is 0.411 e. The van der Waals surface area contributed by atoms with Gasteiger partial charge in [0, 0.05) is 68.6 Å². The van der Waals surface area contributed by atoms with Gasteiger partial charge in [-0.1, -0.05) is 85.8 Å². The fraction of sp³-hybridized carbons (Fsp3) is 0.333. The summed E-state index contributed by atoms with van der Waals surface area (Å²) < 4.78 is 11.5. The molecule has 12 heteroatoms. The molecule has 1 aliphatic rings. The van der Waals surface area contributed by atoms with Gasteiger partial charge in [-0.2, -0.15) is 0 Å². The normalized spacial score (nSPS) is 14.1. The van der Waals surface area contributed by atoms with Crippen LogP contribution >= 0.6 is 0 Å². The SMILES string of the molecule is COc1ccc(CC(=O)CCc2ccc(N(C)C(=O)CCN3CCC(OC(=O)Nc4ccccc4-c4ccccc4)CC3)cc2)cc1C[C@H](C)CC[C@H](O)c1ccc(O)c2[nH]c(=O)ccc12. The standard InChI is InChI=1S/C54H60N4O8/c1-36(13-23-48(60)45-21-24-49(61)53-46(45)22-26-51(62)56-53)33-40-34-38(17-25-50(40)65-3)35-42(59)20-16-37-14-18-41(19-15-37)57(2)52(63)29-32-58-30-27-43(28-31-58)66-54(64)55-47-12-8-7-11-44(47)39-9-5-4-6-10-39/h4-12,14-15,17-19,21-22,24-26,34,36,43,48,60-61H,13,16,20,23,27-33,35H2,1-3H3,(H,55,64)(H,56,62)/t36-,48+/m1/s1. The maximum atomic E-state index is 13.2. The van der Waals surface area contributed by atoms with Gasteiger partial charge in [-0.25, -0.2) is 4.79 Å². The highest BCUT2D eigenvalue weighted by atomic mass is 16.6. The second-order valence-corrected chi connectivity index (χ2v) is 17.4. The molecule has 2 atom stereocenters. The van der Waals surface area contributed by atoms with Crippen molar-refractivity contribution >= 4 is 40.1 Å². The van der Waals surface area contributed by atoms with E-state index >= 15 is 0 Å². The number of methoxy groups -OCH3 is 1. The predicted molar refractivity (Wildman–Crippen MR) is 259 cm³/mol. The zero-order chi connectivity index (χ0) is 46.6. The van der Waals surface area contributed by atoms with Crippen LogP contribution in [0.1, 0.15) is 73.8 Å². The first kappa shape index (κ1) is 47.2. The Kier molecular flexibility index (Phi) is 16.0.